The van der Waals surface area contributed by atoms with Gasteiger partial charge in [-0.25, -0.2) is 0 Å². The minimum absolute atomic E-state index is 0.0690. The average molecular weight is 309 g/mol. The number of likely N-dealkylation sites (tertiary alicyclic amines) is 1. The molecular formula is C15H23N3O4. The average Bonchev–Trinajstić information content (AvgIpc) is 3.03. The lowest BCUT2D eigenvalue weighted by atomic mass is 9.90. The quantitative estimate of drug-likeness (QED) is 0.908. The number of amides is 1. The molecule has 1 fully saturated rings. The number of aromatic nitrogens is 2. The number of aryl methyl sites for hydroxylation is 1. The van der Waals surface area contributed by atoms with Gasteiger partial charge in [-0.2, -0.15) is 4.98 Å². The van der Waals surface area contributed by atoms with E-state index in [2.05, 4.69) is 10.1 Å². The maximum Gasteiger partial charge on any atom is 0.311 e. The summed E-state index contributed by atoms with van der Waals surface area (Å²) in [6.07, 6.45) is 1.12. The monoisotopic (exact) mass is 309 g/mol. The van der Waals surface area contributed by atoms with Crippen molar-refractivity contribution in [2.75, 3.05) is 13.1 Å². The highest BCUT2D eigenvalue weighted by atomic mass is 16.5. The molecule has 2 rings (SSSR count). The van der Waals surface area contributed by atoms with Gasteiger partial charge in [0.25, 0.3) is 0 Å². The molecule has 0 saturated carbocycles. The van der Waals surface area contributed by atoms with Gasteiger partial charge in [-0.1, -0.05) is 25.9 Å². The van der Waals surface area contributed by atoms with E-state index < -0.39 is 11.4 Å². The zero-order chi connectivity index (χ0) is 16.5. The Kier molecular flexibility index (Phi) is 4.26. The Morgan fingerprint density at radius 1 is 1.41 bits per heavy atom. The lowest BCUT2D eigenvalue weighted by Crippen LogP contribution is -2.34. The summed E-state index contributed by atoms with van der Waals surface area (Å²) in [5, 5.41) is 13.1. The van der Waals surface area contributed by atoms with Crippen molar-refractivity contribution in [3.63, 3.8) is 0 Å². The van der Waals surface area contributed by atoms with Crippen molar-refractivity contribution in [1.82, 2.24) is 15.0 Å². The molecule has 1 aromatic heterocycles. The summed E-state index contributed by atoms with van der Waals surface area (Å²) in [4.78, 5) is 29.3. The molecule has 1 atom stereocenters. The third kappa shape index (κ3) is 3.45. The van der Waals surface area contributed by atoms with E-state index in [1.54, 1.807) is 11.8 Å². The standard InChI is InChI=1S/C15H23N3O4/c1-14(2,3)12-16-10(22-17-12)5-6-11(19)18-8-7-15(4,9-18)13(20)21/h5-9H2,1-4H3,(H,20,21)/t15-/m1/s1. The lowest BCUT2D eigenvalue weighted by molar-refractivity contribution is -0.147. The van der Waals surface area contributed by atoms with E-state index in [1.165, 1.54) is 0 Å². The summed E-state index contributed by atoms with van der Waals surface area (Å²) in [5.41, 5.74) is -1.02. The predicted molar refractivity (Wildman–Crippen MR) is 78.3 cm³/mol. The summed E-state index contributed by atoms with van der Waals surface area (Å²) >= 11 is 0. The number of carboxylic acid groups (broad SMARTS) is 1. The van der Waals surface area contributed by atoms with E-state index in [9.17, 15) is 14.7 Å². The Hall–Kier alpha value is -1.92. The van der Waals surface area contributed by atoms with Gasteiger partial charge in [0, 0.05) is 31.3 Å². The summed E-state index contributed by atoms with van der Waals surface area (Å²) in [6, 6.07) is 0. The van der Waals surface area contributed by atoms with Crippen LogP contribution in [0.2, 0.25) is 0 Å². The summed E-state index contributed by atoms with van der Waals surface area (Å²) < 4.78 is 5.16. The van der Waals surface area contributed by atoms with Crippen LogP contribution in [-0.4, -0.2) is 45.1 Å². The number of hydrogen-bond donors (Lipinski definition) is 1. The van der Waals surface area contributed by atoms with Crippen molar-refractivity contribution in [3.05, 3.63) is 11.7 Å². The van der Waals surface area contributed by atoms with Gasteiger partial charge in [0.1, 0.15) is 0 Å². The van der Waals surface area contributed by atoms with E-state index in [0.717, 1.165) is 0 Å². The Morgan fingerprint density at radius 2 is 2.09 bits per heavy atom. The van der Waals surface area contributed by atoms with Gasteiger partial charge >= 0.3 is 5.97 Å². The fourth-order valence-corrected chi connectivity index (χ4v) is 2.38. The molecular weight excluding hydrogens is 286 g/mol. The molecule has 0 unspecified atom stereocenters. The van der Waals surface area contributed by atoms with Crippen LogP contribution in [0.15, 0.2) is 4.52 Å². The SMILES string of the molecule is CC(C)(C)c1noc(CCC(=O)N2CC[C@@](C)(C(=O)O)C2)n1. The molecule has 0 radical (unpaired) electrons. The molecule has 0 aliphatic carbocycles. The summed E-state index contributed by atoms with van der Waals surface area (Å²) in [6.45, 7) is 8.39. The highest BCUT2D eigenvalue weighted by Gasteiger charge is 2.41. The van der Waals surface area contributed by atoms with Crippen LogP contribution < -0.4 is 0 Å². The molecule has 1 saturated heterocycles. The Bertz CT molecular complexity index is 576. The van der Waals surface area contributed by atoms with E-state index >= 15 is 0 Å². The second-order valence-electron chi connectivity index (χ2n) is 7.19. The lowest BCUT2D eigenvalue weighted by Gasteiger charge is -2.19. The van der Waals surface area contributed by atoms with E-state index in [4.69, 9.17) is 4.52 Å². The number of hydrogen-bond acceptors (Lipinski definition) is 5. The fraction of sp³-hybridized carbons (Fsp3) is 0.733. The molecule has 122 valence electrons. The van der Waals surface area contributed by atoms with E-state index in [-0.39, 0.29) is 24.3 Å². The van der Waals surface area contributed by atoms with Crippen LogP contribution in [0, 0.1) is 5.41 Å². The van der Waals surface area contributed by atoms with Gasteiger partial charge in [-0.3, -0.25) is 9.59 Å². The highest BCUT2D eigenvalue weighted by Crippen LogP contribution is 2.30. The number of carbonyl (C=O) groups excluding carboxylic acids is 1. The minimum atomic E-state index is -0.852. The van der Waals surface area contributed by atoms with Gasteiger partial charge in [0.15, 0.2) is 5.82 Å². The number of aliphatic carboxylic acids is 1. The Labute approximate surface area is 129 Å². The first kappa shape index (κ1) is 16.5. The smallest absolute Gasteiger partial charge is 0.311 e. The zero-order valence-electron chi connectivity index (χ0n) is 13.5. The van der Waals surface area contributed by atoms with E-state index in [0.29, 0.717) is 31.1 Å². The normalized spacial score (nSPS) is 22.1. The second-order valence-corrected chi connectivity index (χ2v) is 7.19. The number of carbonyl (C=O) groups is 2. The molecule has 1 aliphatic rings. The second kappa shape index (κ2) is 5.70. The summed E-state index contributed by atoms with van der Waals surface area (Å²) in [7, 11) is 0. The maximum absolute atomic E-state index is 12.2. The van der Waals surface area contributed by atoms with Gasteiger partial charge in [0.05, 0.1) is 5.41 Å². The van der Waals surface area contributed by atoms with Crippen LogP contribution in [0.1, 0.15) is 52.3 Å². The third-order valence-corrected chi connectivity index (χ3v) is 4.03. The van der Waals surface area contributed by atoms with Crippen molar-refractivity contribution in [2.45, 2.75) is 52.4 Å². The number of carboxylic acids is 1. The van der Waals surface area contributed by atoms with Crippen molar-refractivity contribution >= 4 is 11.9 Å². The van der Waals surface area contributed by atoms with Crippen molar-refractivity contribution < 1.29 is 19.2 Å². The minimum Gasteiger partial charge on any atom is -0.481 e. The van der Waals surface area contributed by atoms with Crippen LogP contribution in [0.4, 0.5) is 0 Å². The molecule has 1 aliphatic heterocycles. The molecule has 7 nitrogen and oxygen atoms in total. The van der Waals surface area contributed by atoms with Gasteiger partial charge in [-0.05, 0) is 13.3 Å². The van der Waals surface area contributed by atoms with Crippen molar-refractivity contribution in [1.29, 1.82) is 0 Å². The Morgan fingerprint density at radius 3 is 2.59 bits per heavy atom. The summed E-state index contributed by atoms with van der Waals surface area (Å²) in [5.74, 6) is 0.142. The molecule has 0 aromatic carbocycles. The first-order valence-electron chi connectivity index (χ1n) is 7.46. The van der Waals surface area contributed by atoms with Gasteiger partial charge in [-0.15, -0.1) is 0 Å². The topological polar surface area (TPSA) is 96.5 Å². The molecule has 1 aromatic rings. The zero-order valence-corrected chi connectivity index (χ0v) is 13.5. The van der Waals surface area contributed by atoms with Crippen LogP contribution in [0.3, 0.4) is 0 Å². The third-order valence-electron chi connectivity index (χ3n) is 4.03. The molecule has 0 bridgehead atoms. The largest absolute Gasteiger partial charge is 0.481 e. The molecule has 22 heavy (non-hydrogen) atoms. The van der Waals surface area contributed by atoms with Crippen molar-refractivity contribution in [2.24, 2.45) is 5.41 Å². The van der Waals surface area contributed by atoms with Crippen LogP contribution in [-0.2, 0) is 21.4 Å². The first-order chi connectivity index (χ1) is 10.1. The number of nitrogens with zero attached hydrogens (tertiary/aromatic N) is 3. The highest BCUT2D eigenvalue weighted by molar-refractivity contribution is 5.80. The fourth-order valence-electron chi connectivity index (χ4n) is 2.38. The van der Waals surface area contributed by atoms with Crippen LogP contribution >= 0.6 is 0 Å². The van der Waals surface area contributed by atoms with Gasteiger partial charge < -0.3 is 14.5 Å². The molecule has 7 heteroatoms. The van der Waals surface area contributed by atoms with Crippen LogP contribution in [0.25, 0.3) is 0 Å². The maximum atomic E-state index is 12.2. The Balaban J connectivity index is 1.89. The molecule has 1 amide bonds. The number of rotatable bonds is 4. The first-order valence-corrected chi connectivity index (χ1v) is 7.46. The molecule has 0 spiro atoms. The van der Waals surface area contributed by atoms with E-state index in [1.807, 2.05) is 20.8 Å². The van der Waals surface area contributed by atoms with Crippen molar-refractivity contribution in [3.8, 4) is 0 Å². The molecule has 2 heterocycles. The van der Waals surface area contributed by atoms with Crippen LogP contribution in [0.5, 0.6) is 0 Å². The van der Waals surface area contributed by atoms with Gasteiger partial charge in [0.2, 0.25) is 11.8 Å². The predicted octanol–water partition coefficient (Wildman–Crippen LogP) is 1.62. The molecule has 1 N–H and O–H groups in total.